The third kappa shape index (κ3) is 4.92. The molecule has 2 unspecified atom stereocenters. The van der Waals surface area contributed by atoms with Gasteiger partial charge in [-0.3, -0.25) is 4.90 Å². The number of hydrogen-bond donors (Lipinski definition) is 1. The Bertz CT molecular complexity index is 972. The summed E-state index contributed by atoms with van der Waals surface area (Å²) >= 11 is 0. The second-order valence-electron chi connectivity index (χ2n) is 8.13. The first-order chi connectivity index (χ1) is 15.2. The number of ether oxygens (including phenoxy) is 2. The van der Waals surface area contributed by atoms with Gasteiger partial charge in [0.2, 0.25) is 0 Å². The van der Waals surface area contributed by atoms with Crippen LogP contribution in [0.4, 0.5) is 0 Å². The lowest BCUT2D eigenvalue weighted by Crippen LogP contribution is -2.36. The van der Waals surface area contributed by atoms with Gasteiger partial charge in [-0.25, -0.2) is 0 Å². The maximum Gasteiger partial charge on any atom is 0.119 e. The van der Waals surface area contributed by atoms with E-state index in [-0.39, 0.29) is 12.5 Å². The molecule has 1 heterocycles. The number of benzene rings is 3. The molecule has 3 aromatic carbocycles. The van der Waals surface area contributed by atoms with Gasteiger partial charge in [0, 0.05) is 38.1 Å². The highest BCUT2D eigenvalue weighted by Crippen LogP contribution is 2.39. The van der Waals surface area contributed by atoms with Crippen LogP contribution in [0.15, 0.2) is 72.8 Å². The van der Waals surface area contributed by atoms with Crippen LogP contribution in [-0.2, 0) is 6.54 Å². The summed E-state index contributed by atoms with van der Waals surface area (Å²) in [5.74, 6) is 2.03. The topological polar surface area (TPSA) is 41.9 Å². The fraction of sp³-hybridized carbons (Fsp3) is 0.333. The second kappa shape index (κ2) is 9.99. The predicted octanol–water partition coefficient (Wildman–Crippen LogP) is 5.17. The number of rotatable bonds is 8. The Kier molecular flexibility index (Phi) is 6.90. The van der Waals surface area contributed by atoms with Crippen LogP contribution in [0.3, 0.4) is 0 Å². The van der Waals surface area contributed by atoms with Crippen molar-refractivity contribution in [3.05, 3.63) is 95.1 Å². The summed E-state index contributed by atoms with van der Waals surface area (Å²) < 4.78 is 11.2. The summed E-state index contributed by atoms with van der Waals surface area (Å²) in [4.78, 5) is 2.55. The molecule has 0 spiro atoms. The number of aliphatic hydroxyl groups excluding tert-OH is 1. The molecule has 1 aliphatic rings. The Labute approximate surface area is 185 Å². The van der Waals surface area contributed by atoms with Crippen molar-refractivity contribution < 1.29 is 14.6 Å². The summed E-state index contributed by atoms with van der Waals surface area (Å²) in [7, 11) is 1.70. The molecule has 0 bridgehead atoms. The minimum Gasteiger partial charge on any atom is -0.497 e. The fourth-order valence-corrected chi connectivity index (χ4v) is 4.38. The van der Waals surface area contributed by atoms with Crippen LogP contribution in [0.2, 0.25) is 0 Å². The van der Waals surface area contributed by atoms with Crippen LogP contribution in [0.5, 0.6) is 11.5 Å². The molecule has 0 aliphatic carbocycles. The summed E-state index contributed by atoms with van der Waals surface area (Å²) in [5, 5.41) is 9.04. The quantitative estimate of drug-likeness (QED) is 0.514. The van der Waals surface area contributed by atoms with Crippen molar-refractivity contribution in [3.8, 4) is 11.5 Å². The largest absolute Gasteiger partial charge is 0.497 e. The highest BCUT2D eigenvalue weighted by molar-refractivity contribution is 5.45. The molecular weight excluding hydrogens is 386 g/mol. The molecule has 162 valence electrons. The molecule has 4 heteroatoms. The first kappa shape index (κ1) is 21.4. The van der Waals surface area contributed by atoms with Gasteiger partial charge in [-0.05, 0) is 53.4 Å². The smallest absolute Gasteiger partial charge is 0.119 e. The van der Waals surface area contributed by atoms with Crippen molar-refractivity contribution in [2.75, 3.05) is 26.9 Å². The normalized spacial score (nSPS) is 17.1. The average Bonchev–Trinajstić information content (AvgIpc) is 2.83. The number of aliphatic hydroxyl groups is 1. The van der Waals surface area contributed by atoms with E-state index in [9.17, 15) is 0 Å². The average molecular weight is 418 g/mol. The van der Waals surface area contributed by atoms with E-state index in [1.54, 1.807) is 7.11 Å². The lowest BCUT2D eigenvalue weighted by molar-refractivity contribution is 0.181. The lowest BCUT2D eigenvalue weighted by atomic mass is 9.83. The molecule has 0 radical (unpaired) electrons. The molecule has 1 aliphatic heterocycles. The van der Waals surface area contributed by atoms with Gasteiger partial charge >= 0.3 is 0 Å². The second-order valence-corrected chi connectivity index (χ2v) is 8.13. The molecule has 4 rings (SSSR count). The zero-order valence-corrected chi connectivity index (χ0v) is 18.3. The van der Waals surface area contributed by atoms with Crippen LogP contribution in [-0.4, -0.2) is 36.9 Å². The standard InChI is InChI=1S/C27H31NO3/c1-20(21-7-4-3-5-8-21)28-18-23-17-25(31-16-6-15-29)13-14-26(23)27(19-28)22-9-11-24(30-2)12-10-22/h3-5,7-14,17,20,27,29H,6,15-16,18-19H2,1-2H3. The third-order valence-corrected chi connectivity index (χ3v) is 6.20. The maximum absolute atomic E-state index is 9.04. The van der Waals surface area contributed by atoms with Gasteiger partial charge in [-0.2, -0.15) is 0 Å². The van der Waals surface area contributed by atoms with Crippen molar-refractivity contribution >= 4 is 0 Å². The van der Waals surface area contributed by atoms with Crippen LogP contribution in [0.1, 0.15) is 47.6 Å². The SMILES string of the molecule is COc1ccc(C2CN(C(C)c3ccccc3)Cc3cc(OCCCO)ccc32)cc1. The Hall–Kier alpha value is -2.82. The van der Waals surface area contributed by atoms with Crippen molar-refractivity contribution in [3.63, 3.8) is 0 Å². The van der Waals surface area contributed by atoms with Crippen molar-refractivity contribution in [2.45, 2.75) is 31.8 Å². The van der Waals surface area contributed by atoms with Crippen LogP contribution in [0, 0.1) is 0 Å². The molecule has 0 saturated heterocycles. The number of hydrogen-bond acceptors (Lipinski definition) is 4. The van der Waals surface area contributed by atoms with E-state index in [0.29, 0.717) is 19.1 Å². The van der Waals surface area contributed by atoms with Crippen LogP contribution in [0.25, 0.3) is 0 Å². The first-order valence-corrected chi connectivity index (χ1v) is 11.0. The van der Waals surface area contributed by atoms with Gasteiger partial charge < -0.3 is 14.6 Å². The Morgan fingerprint density at radius 3 is 2.45 bits per heavy atom. The van der Waals surface area contributed by atoms with Crippen molar-refractivity contribution in [2.24, 2.45) is 0 Å². The molecule has 2 atom stereocenters. The van der Waals surface area contributed by atoms with E-state index in [0.717, 1.165) is 24.6 Å². The van der Waals surface area contributed by atoms with Crippen LogP contribution >= 0.6 is 0 Å². The van der Waals surface area contributed by atoms with Gasteiger partial charge in [0.25, 0.3) is 0 Å². The minimum atomic E-state index is 0.146. The first-order valence-electron chi connectivity index (χ1n) is 11.0. The molecule has 31 heavy (non-hydrogen) atoms. The Morgan fingerprint density at radius 2 is 1.74 bits per heavy atom. The molecule has 4 nitrogen and oxygen atoms in total. The molecule has 0 amide bonds. The molecule has 3 aromatic rings. The molecule has 0 aromatic heterocycles. The van der Waals surface area contributed by atoms with E-state index in [4.69, 9.17) is 14.6 Å². The zero-order valence-electron chi connectivity index (χ0n) is 18.3. The predicted molar refractivity (Wildman–Crippen MR) is 124 cm³/mol. The van der Waals surface area contributed by atoms with Crippen molar-refractivity contribution in [1.29, 1.82) is 0 Å². The maximum atomic E-state index is 9.04. The van der Waals surface area contributed by atoms with Gasteiger partial charge in [0.1, 0.15) is 11.5 Å². The Morgan fingerprint density at radius 1 is 1.00 bits per heavy atom. The summed E-state index contributed by atoms with van der Waals surface area (Å²) in [5.41, 5.74) is 5.28. The minimum absolute atomic E-state index is 0.146. The van der Waals surface area contributed by atoms with E-state index >= 15 is 0 Å². The molecule has 1 N–H and O–H groups in total. The Balaban J connectivity index is 1.66. The van der Waals surface area contributed by atoms with Gasteiger partial charge in [0.05, 0.1) is 13.7 Å². The molecular formula is C27H31NO3. The highest BCUT2D eigenvalue weighted by atomic mass is 16.5. The van der Waals surface area contributed by atoms with Gasteiger partial charge in [-0.1, -0.05) is 48.5 Å². The summed E-state index contributed by atoms with van der Waals surface area (Å²) in [6.07, 6.45) is 0.642. The number of methoxy groups -OCH3 is 1. The fourth-order valence-electron chi connectivity index (χ4n) is 4.38. The summed E-state index contributed by atoms with van der Waals surface area (Å²) in [6, 6.07) is 25.9. The zero-order chi connectivity index (χ0) is 21.6. The number of nitrogens with zero attached hydrogens (tertiary/aromatic N) is 1. The number of fused-ring (bicyclic) bond motifs is 1. The third-order valence-electron chi connectivity index (χ3n) is 6.20. The monoisotopic (exact) mass is 417 g/mol. The van der Waals surface area contributed by atoms with E-state index in [2.05, 4.69) is 72.5 Å². The van der Waals surface area contributed by atoms with Gasteiger partial charge in [-0.15, -0.1) is 0 Å². The highest BCUT2D eigenvalue weighted by Gasteiger charge is 2.30. The molecule has 0 saturated carbocycles. The van der Waals surface area contributed by atoms with E-state index in [1.807, 2.05) is 12.1 Å². The lowest BCUT2D eigenvalue weighted by Gasteiger charge is -2.39. The van der Waals surface area contributed by atoms with E-state index < -0.39 is 0 Å². The summed E-state index contributed by atoms with van der Waals surface area (Å²) in [6.45, 7) is 4.80. The van der Waals surface area contributed by atoms with Gasteiger partial charge in [0.15, 0.2) is 0 Å². The van der Waals surface area contributed by atoms with Crippen molar-refractivity contribution in [1.82, 2.24) is 4.90 Å². The van der Waals surface area contributed by atoms with Crippen LogP contribution < -0.4 is 9.47 Å². The molecule has 0 fully saturated rings. The van der Waals surface area contributed by atoms with E-state index in [1.165, 1.54) is 22.3 Å².